The van der Waals surface area contributed by atoms with Crippen molar-refractivity contribution in [3.63, 3.8) is 0 Å². The lowest BCUT2D eigenvalue weighted by molar-refractivity contribution is 0.101. The normalized spacial score (nSPS) is 10.3. The first-order valence-electron chi connectivity index (χ1n) is 6.42. The van der Waals surface area contributed by atoms with Gasteiger partial charge in [-0.05, 0) is 20.3 Å². The molecule has 0 fully saturated rings. The molecule has 0 aliphatic carbocycles. The number of carbonyl (C=O) groups excluding carboxylic acids is 1. The van der Waals surface area contributed by atoms with Crippen LogP contribution in [-0.4, -0.2) is 27.6 Å². The largest absolute Gasteiger partial charge is 0.369 e. The highest BCUT2D eigenvalue weighted by Gasteiger charge is 2.14. The maximum absolute atomic E-state index is 12.1. The summed E-state index contributed by atoms with van der Waals surface area (Å²) in [7, 11) is 0. The summed E-state index contributed by atoms with van der Waals surface area (Å²) in [6.45, 7) is 6.46. The topological polar surface area (TPSA) is 92.9 Å². The highest BCUT2D eigenvalue weighted by atomic mass is 16.5. The first-order valence-corrected chi connectivity index (χ1v) is 6.42. The van der Waals surface area contributed by atoms with Crippen LogP contribution in [0.3, 0.4) is 0 Å². The Bertz CT molecular complexity index is 609. The van der Waals surface area contributed by atoms with Gasteiger partial charge in [0.05, 0.1) is 18.1 Å². The van der Waals surface area contributed by atoms with Crippen LogP contribution in [0.15, 0.2) is 16.9 Å². The minimum Gasteiger partial charge on any atom is -0.369 e. The molecule has 0 spiro atoms. The summed E-state index contributed by atoms with van der Waals surface area (Å²) in [5.74, 6) is 0.531. The second kappa shape index (κ2) is 6.14. The van der Waals surface area contributed by atoms with Crippen LogP contribution in [-0.2, 0) is 0 Å². The molecule has 0 aromatic carbocycles. The number of anilines is 2. The lowest BCUT2D eigenvalue weighted by atomic mass is 10.3. The molecule has 0 atom stereocenters. The van der Waals surface area contributed by atoms with Crippen LogP contribution in [0.4, 0.5) is 11.7 Å². The summed E-state index contributed by atoms with van der Waals surface area (Å²) in [5, 5.41) is 9.49. The third-order valence-corrected chi connectivity index (χ3v) is 2.81. The van der Waals surface area contributed by atoms with Crippen molar-refractivity contribution in [3.05, 3.63) is 29.3 Å². The molecule has 20 heavy (non-hydrogen) atoms. The molecule has 0 saturated heterocycles. The van der Waals surface area contributed by atoms with E-state index in [0.717, 1.165) is 24.2 Å². The van der Waals surface area contributed by atoms with Crippen molar-refractivity contribution in [3.8, 4) is 0 Å². The number of hydrogen-bond acceptors (Lipinski definition) is 6. The fourth-order valence-corrected chi connectivity index (χ4v) is 1.51. The minimum atomic E-state index is -0.378. The number of nitrogens with one attached hydrogen (secondary N) is 2. The minimum absolute atomic E-state index is 0.222. The number of aromatic nitrogens is 3. The standard InChI is InChI=1S/C13H17N5O2/c1-4-5-15-11-7-14-6-10(16-11)12(19)17-13-8(2)9(3)18-20-13/h6-7H,4-5H2,1-3H3,(H,15,16)(H,17,19). The van der Waals surface area contributed by atoms with Gasteiger partial charge in [-0.15, -0.1) is 0 Å². The number of amides is 1. The van der Waals surface area contributed by atoms with Gasteiger partial charge in [0.1, 0.15) is 11.5 Å². The Morgan fingerprint density at radius 3 is 2.80 bits per heavy atom. The van der Waals surface area contributed by atoms with E-state index in [-0.39, 0.29) is 11.6 Å². The molecule has 0 aliphatic rings. The molecule has 7 heteroatoms. The Hall–Kier alpha value is -2.44. The molecular weight excluding hydrogens is 258 g/mol. The van der Waals surface area contributed by atoms with Gasteiger partial charge in [-0.25, -0.2) is 4.98 Å². The maximum Gasteiger partial charge on any atom is 0.278 e. The van der Waals surface area contributed by atoms with E-state index >= 15 is 0 Å². The van der Waals surface area contributed by atoms with Crippen molar-refractivity contribution < 1.29 is 9.32 Å². The van der Waals surface area contributed by atoms with Crippen molar-refractivity contribution in [2.75, 3.05) is 17.2 Å². The Balaban J connectivity index is 2.11. The zero-order valence-electron chi connectivity index (χ0n) is 11.7. The molecule has 0 saturated carbocycles. The number of carbonyl (C=O) groups is 1. The van der Waals surface area contributed by atoms with Gasteiger partial charge >= 0.3 is 0 Å². The molecule has 2 rings (SSSR count). The second-order valence-electron chi connectivity index (χ2n) is 4.39. The Labute approximate surface area is 116 Å². The van der Waals surface area contributed by atoms with Crippen LogP contribution in [0.2, 0.25) is 0 Å². The first kappa shape index (κ1) is 14.0. The summed E-state index contributed by atoms with van der Waals surface area (Å²) < 4.78 is 5.04. The first-order chi connectivity index (χ1) is 9.61. The van der Waals surface area contributed by atoms with E-state index in [0.29, 0.717) is 11.7 Å². The van der Waals surface area contributed by atoms with Crippen LogP contribution in [0.1, 0.15) is 35.1 Å². The van der Waals surface area contributed by atoms with Crippen molar-refractivity contribution in [2.45, 2.75) is 27.2 Å². The Kier molecular flexibility index (Phi) is 4.29. The molecule has 0 unspecified atom stereocenters. The van der Waals surface area contributed by atoms with Gasteiger partial charge in [0, 0.05) is 12.1 Å². The van der Waals surface area contributed by atoms with Crippen LogP contribution in [0.25, 0.3) is 0 Å². The van der Waals surface area contributed by atoms with Crippen molar-refractivity contribution >= 4 is 17.6 Å². The quantitative estimate of drug-likeness (QED) is 0.868. The highest BCUT2D eigenvalue weighted by Crippen LogP contribution is 2.18. The Morgan fingerprint density at radius 1 is 1.35 bits per heavy atom. The monoisotopic (exact) mass is 275 g/mol. The van der Waals surface area contributed by atoms with Gasteiger partial charge in [-0.1, -0.05) is 12.1 Å². The van der Waals surface area contributed by atoms with Crippen LogP contribution < -0.4 is 10.6 Å². The van der Waals surface area contributed by atoms with Gasteiger partial charge in [0.15, 0.2) is 0 Å². The lowest BCUT2D eigenvalue weighted by Crippen LogP contribution is -2.15. The molecule has 2 N–H and O–H groups in total. The van der Waals surface area contributed by atoms with Crippen molar-refractivity contribution in [1.82, 2.24) is 15.1 Å². The molecular formula is C13H17N5O2. The molecule has 0 radical (unpaired) electrons. The third-order valence-electron chi connectivity index (χ3n) is 2.81. The number of aryl methyl sites for hydroxylation is 1. The smallest absolute Gasteiger partial charge is 0.278 e. The predicted octanol–water partition coefficient (Wildman–Crippen LogP) is 2.16. The zero-order valence-corrected chi connectivity index (χ0v) is 11.7. The highest BCUT2D eigenvalue weighted by molar-refractivity contribution is 6.02. The van der Waals surface area contributed by atoms with Gasteiger partial charge in [-0.3, -0.25) is 15.1 Å². The second-order valence-corrected chi connectivity index (χ2v) is 4.39. The van der Waals surface area contributed by atoms with E-state index in [2.05, 4.69) is 25.8 Å². The van der Waals surface area contributed by atoms with Crippen LogP contribution >= 0.6 is 0 Å². The molecule has 2 heterocycles. The van der Waals surface area contributed by atoms with E-state index in [4.69, 9.17) is 4.52 Å². The van der Waals surface area contributed by atoms with E-state index in [1.807, 2.05) is 20.8 Å². The van der Waals surface area contributed by atoms with E-state index in [1.54, 1.807) is 6.20 Å². The molecule has 1 amide bonds. The molecule has 0 aliphatic heterocycles. The zero-order chi connectivity index (χ0) is 14.5. The van der Waals surface area contributed by atoms with Crippen LogP contribution in [0.5, 0.6) is 0 Å². The number of rotatable bonds is 5. The van der Waals surface area contributed by atoms with E-state index < -0.39 is 0 Å². The average molecular weight is 275 g/mol. The average Bonchev–Trinajstić information content (AvgIpc) is 2.77. The fraction of sp³-hybridized carbons (Fsp3) is 0.385. The van der Waals surface area contributed by atoms with Gasteiger partial charge in [0.25, 0.3) is 5.91 Å². The SMILES string of the molecule is CCCNc1cncc(C(=O)Nc2onc(C)c2C)n1. The van der Waals surface area contributed by atoms with Crippen molar-refractivity contribution in [2.24, 2.45) is 0 Å². The van der Waals surface area contributed by atoms with Gasteiger partial charge < -0.3 is 9.84 Å². The summed E-state index contributed by atoms with van der Waals surface area (Å²) in [6, 6.07) is 0. The maximum atomic E-state index is 12.1. The third kappa shape index (κ3) is 3.11. The number of nitrogens with zero attached hydrogens (tertiary/aromatic N) is 3. The molecule has 106 valence electrons. The number of hydrogen-bond donors (Lipinski definition) is 2. The Morgan fingerprint density at radius 2 is 2.15 bits per heavy atom. The van der Waals surface area contributed by atoms with E-state index in [1.165, 1.54) is 6.20 Å². The molecule has 2 aromatic rings. The van der Waals surface area contributed by atoms with E-state index in [9.17, 15) is 4.79 Å². The predicted molar refractivity (Wildman–Crippen MR) is 74.7 cm³/mol. The van der Waals surface area contributed by atoms with Crippen LogP contribution in [0, 0.1) is 13.8 Å². The summed E-state index contributed by atoms with van der Waals surface area (Å²) in [5.41, 5.74) is 1.76. The molecule has 0 bridgehead atoms. The molecule has 7 nitrogen and oxygen atoms in total. The summed E-state index contributed by atoms with van der Waals surface area (Å²) in [6.07, 6.45) is 3.95. The van der Waals surface area contributed by atoms with Crippen molar-refractivity contribution in [1.29, 1.82) is 0 Å². The summed E-state index contributed by atoms with van der Waals surface area (Å²) in [4.78, 5) is 20.3. The van der Waals surface area contributed by atoms with Gasteiger partial charge in [-0.2, -0.15) is 0 Å². The fourth-order valence-electron chi connectivity index (χ4n) is 1.51. The summed E-state index contributed by atoms with van der Waals surface area (Å²) >= 11 is 0. The van der Waals surface area contributed by atoms with Gasteiger partial charge in [0.2, 0.25) is 5.88 Å². The molecule has 2 aromatic heterocycles. The lowest BCUT2D eigenvalue weighted by Gasteiger charge is -2.05.